The minimum absolute atomic E-state index is 0.0748. The highest BCUT2D eigenvalue weighted by molar-refractivity contribution is 5.79. The number of hydrogen-bond acceptors (Lipinski definition) is 5. The summed E-state index contributed by atoms with van der Waals surface area (Å²) < 4.78 is 4.77. The molecule has 2 saturated heterocycles. The quantitative estimate of drug-likeness (QED) is 0.771. The number of ether oxygens (including phenoxy) is 1. The molecule has 126 valence electrons. The number of aliphatic hydroxyl groups is 1. The van der Waals surface area contributed by atoms with Crippen molar-refractivity contribution in [2.24, 2.45) is 5.92 Å². The summed E-state index contributed by atoms with van der Waals surface area (Å²) in [6.45, 7) is 4.28. The number of methoxy groups -OCH3 is 1. The van der Waals surface area contributed by atoms with Crippen molar-refractivity contribution in [3.05, 3.63) is 0 Å². The van der Waals surface area contributed by atoms with Crippen molar-refractivity contribution in [3.8, 4) is 0 Å². The van der Waals surface area contributed by atoms with E-state index in [2.05, 4.69) is 4.90 Å². The Morgan fingerprint density at radius 2 is 1.86 bits per heavy atom. The van der Waals surface area contributed by atoms with Crippen molar-refractivity contribution in [1.29, 1.82) is 0 Å². The molecule has 0 unspecified atom stereocenters. The van der Waals surface area contributed by atoms with Crippen LogP contribution in [-0.4, -0.2) is 72.2 Å². The van der Waals surface area contributed by atoms with Gasteiger partial charge in [0.25, 0.3) is 0 Å². The molecule has 0 aliphatic carbocycles. The molecule has 6 heteroatoms. The molecular formula is C16H28N2O4. The van der Waals surface area contributed by atoms with Crippen molar-refractivity contribution >= 4 is 11.9 Å². The van der Waals surface area contributed by atoms with E-state index in [0.717, 1.165) is 25.8 Å². The Bertz CT molecular complexity index is 392. The largest absolute Gasteiger partial charge is 0.469 e. The third-order valence-electron chi connectivity index (χ3n) is 4.94. The van der Waals surface area contributed by atoms with Crippen LogP contribution in [0.4, 0.5) is 0 Å². The lowest BCUT2D eigenvalue weighted by Gasteiger charge is -2.39. The Labute approximate surface area is 132 Å². The second-order valence-corrected chi connectivity index (χ2v) is 6.45. The SMILES string of the molecule is COC(=O)C1CCN(C(=O)CN2CCCC[C@H]2[C@@H](C)O)CC1. The molecule has 0 aromatic carbocycles. The summed E-state index contributed by atoms with van der Waals surface area (Å²) in [5.41, 5.74) is 0. The molecule has 0 saturated carbocycles. The molecule has 0 aromatic heterocycles. The van der Waals surface area contributed by atoms with E-state index in [4.69, 9.17) is 4.74 Å². The Morgan fingerprint density at radius 1 is 1.18 bits per heavy atom. The van der Waals surface area contributed by atoms with Gasteiger partial charge in [0.1, 0.15) is 0 Å². The second-order valence-electron chi connectivity index (χ2n) is 6.45. The molecular weight excluding hydrogens is 284 g/mol. The van der Waals surface area contributed by atoms with E-state index < -0.39 is 6.10 Å². The molecule has 0 spiro atoms. The topological polar surface area (TPSA) is 70.1 Å². The van der Waals surface area contributed by atoms with Crippen molar-refractivity contribution in [1.82, 2.24) is 9.80 Å². The van der Waals surface area contributed by atoms with Crippen molar-refractivity contribution in [2.75, 3.05) is 33.3 Å². The van der Waals surface area contributed by atoms with Crippen LogP contribution in [0.5, 0.6) is 0 Å². The first-order valence-corrected chi connectivity index (χ1v) is 8.30. The van der Waals surface area contributed by atoms with Gasteiger partial charge in [-0.15, -0.1) is 0 Å². The zero-order chi connectivity index (χ0) is 16.1. The molecule has 1 amide bonds. The van der Waals surface area contributed by atoms with Gasteiger partial charge in [-0.3, -0.25) is 14.5 Å². The van der Waals surface area contributed by atoms with E-state index in [-0.39, 0.29) is 23.8 Å². The number of piperidine rings is 2. The van der Waals surface area contributed by atoms with Gasteiger partial charge < -0.3 is 14.7 Å². The number of rotatable bonds is 4. The molecule has 2 rings (SSSR count). The van der Waals surface area contributed by atoms with Gasteiger partial charge in [0, 0.05) is 19.1 Å². The molecule has 2 fully saturated rings. The molecule has 2 heterocycles. The van der Waals surface area contributed by atoms with Crippen LogP contribution in [0, 0.1) is 5.92 Å². The fraction of sp³-hybridized carbons (Fsp3) is 0.875. The maximum atomic E-state index is 12.5. The lowest BCUT2D eigenvalue weighted by molar-refractivity contribution is -0.149. The number of nitrogens with zero attached hydrogens (tertiary/aromatic N) is 2. The van der Waals surface area contributed by atoms with E-state index >= 15 is 0 Å². The van der Waals surface area contributed by atoms with E-state index in [1.165, 1.54) is 7.11 Å². The van der Waals surface area contributed by atoms with Gasteiger partial charge in [0.2, 0.25) is 5.91 Å². The number of hydrogen-bond donors (Lipinski definition) is 1. The monoisotopic (exact) mass is 312 g/mol. The first-order valence-electron chi connectivity index (χ1n) is 8.30. The summed E-state index contributed by atoms with van der Waals surface area (Å²) in [6.07, 6.45) is 4.11. The molecule has 2 aliphatic rings. The zero-order valence-corrected chi connectivity index (χ0v) is 13.7. The smallest absolute Gasteiger partial charge is 0.308 e. The average molecular weight is 312 g/mol. The highest BCUT2D eigenvalue weighted by Gasteiger charge is 2.31. The van der Waals surface area contributed by atoms with Crippen molar-refractivity contribution in [3.63, 3.8) is 0 Å². The highest BCUT2D eigenvalue weighted by Crippen LogP contribution is 2.22. The standard InChI is InChI=1S/C16H28N2O4/c1-12(19)14-5-3-4-8-18(14)11-15(20)17-9-6-13(7-10-17)16(21)22-2/h12-14,19H,3-11H2,1-2H3/t12-,14+/m1/s1. The fourth-order valence-electron chi connectivity index (χ4n) is 3.56. The van der Waals surface area contributed by atoms with Crippen LogP contribution in [0.2, 0.25) is 0 Å². The number of amides is 1. The Balaban J connectivity index is 1.83. The van der Waals surface area contributed by atoms with Gasteiger partial charge in [0.15, 0.2) is 0 Å². The highest BCUT2D eigenvalue weighted by atomic mass is 16.5. The third-order valence-corrected chi connectivity index (χ3v) is 4.94. The van der Waals surface area contributed by atoms with Crippen LogP contribution in [0.15, 0.2) is 0 Å². The van der Waals surface area contributed by atoms with Crippen LogP contribution in [0.1, 0.15) is 39.0 Å². The molecule has 1 N–H and O–H groups in total. The molecule has 6 nitrogen and oxygen atoms in total. The Kier molecular flexibility index (Phi) is 6.20. The van der Waals surface area contributed by atoms with Crippen LogP contribution >= 0.6 is 0 Å². The first kappa shape index (κ1) is 17.2. The third kappa shape index (κ3) is 4.20. The molecule has 2 aliphatic heterocycles. The number of likely N-dealkylation sites (tertiary alicyclic amines) is 2. The van der Waals surface area contributed by atoms with E-state index in [1.54, 1.807) is 6.92 Å². The van der Waals surface area contributed by atoms with Crippen LogP contribution in [0.25, 0.3) is 0 Å². The van der Waals surface area contributed by atoms with Crippen LogP contribution < -0.4 is 0 Å². The van der Waals surface area contributed by atoms with E-state index in [9.17, 15) is 14.7 Å². The summed E-state index contributed by atoms with van der Waals surface area (Å²) in [5, 5.41) is 9.88. The van der Waals surface area contributed by atoms with Gasteiger partial charge in [-0.05, 0) is 39.2 Å². The Hall–Kier alpha value is -1.14. The zero-order valence-electron chi connectivity index (χ0n) is 13.7. The Morgan fingerprint density at radius 3 is 2.45 bits per heavy atom. The fourth-order valence-corrected chi connectivity index (χ4v) is 3.56. The van der Waals surface area contributed by atoms with Gasteiger partial charge in [-0.2, -0.15) is 0 Å². The molecule has 0 bridgehead atoms. The summed E-state index contributed by atoms with van der Waals surface area (Å²) in [4.78, 5) is 27.9. The summed E-state index contributed by atoms with van der Waals surface area (Å²) in [6, 6.07) is 0.0882. The summed E-state index contributed by atoms with van der Waals surface area (Å²) in [5.74, 6) is -0.137. The normalized spacial score (nSPS) is 25.8. The summed E-state index contributed by atoms with van der Waals surface area (Å²) in [7, 11) is 1.41. The van der Waals surface area contributed by atoms with Gasteiger partial charge in [-0.1, -0.05) is 6.42 Å². The van der Waals surface area contributed by atoms with E-state index in [1.807, 2.05) is 4.90 Å². The predicted octanol–water partition coefficient (Wildman–Crippen LogP) is 0.633. The maximum absolute atomic E-state index is 12.5. The summed E-state index contributed by atoms with van der Waals surface area (Å²) >= 11 is 0. The lowest BCUT2D eigenvalue weighted by atomic mass is 9.96. The molecule has 0 aromatic rings. The second kappa shape index (κ2) is 7.92. The molecule has 22 heavy (non-hydrogen) atoms. The minimum atomic E-state index is -0.404. The maximum Gasteiger partial charge on any atom is 0.308 e. The average Bonchev–Trinajstić information content (AvgIpc) is 2.54. The van der Waals surface area contributed by atoms with Crippen LogP contribution in [-0.2, 0) is 14.3 Å². The van der Waals surface area contributed by atoms with Crippen molar-refractivity contribution < 1.29 is 19.4 Å². The van der Waals surface area contributed by atoms with Gasteiger partial charge in [-0.25, -0.2) is 0 Å². The first-order chi connectivity index (χ1) is 10.5. The van der Waals surface area contributed by atoms with Gasteiger partial charge >= 0.3 is 5.97 Å². The number of esters is 1. The number of carbonyl (C=O) groups is 2. The predicted molar refractivity (Wildman–Crippen MR) is 82.2 cm³/mol. The van der Waals surface area contributed by atoms with Crippen molar-refractivity contribution in [2.45, 2.75) is 51.2 Å². The minimum Gasteiger partial charge on any atom is -0.469 e. The number of aliphatic hydroxyl groups excluding tert-OH is 1. The van der Waals surface area contributed by atoms with Gasteiger partial charge in [0.05, 0.1) is 25.7 Å². The lowest BCUT2D eigenvalue weighted by Crippen LogP contribution is -2.51. The van der Waals surface area contributed by atoms with E-state index in [0.29, 0.717) is 32.5 Å². The molecule has 2 atom stereocenters. The number of carbonyl (C=O) groups excluding carboxylic acids is 2. The molecule has 0 radical (unpaired) electrons. The van der Waals surface area contributed by atoms with Crippen LogP contribution in [0.3, 0.4) is 0 Å².